The molecule has 1 aliphatic heterocycles. The summed E-state index contributed by atoms with van der Waals surface area (Å²) >= 11 is 0. The van der Waals surface area contributed by atoms with Gasteiger partial charge in [-0.25, -0.2) is 5.48 Å². The molecule has 2 unspecified atom stereocenters. The highest BCUT2D eigenvalue weighted by atomic mass is 16.7. The molecule has 2 rings (SSSR count). The van der Waals surface area contributed by atoms with Crippen molar-refractivity contribution < 1.29 is 14.4 Å². The lowest BCUT2D eigenvalue weighted by atomic mass is 10.2. The molecule has 3 N–H and O–H groups in total. The molecule has 0 radical (unpaired) electrons. The quantitative estimate of drug-likeness (QED) is 0.756. The van der Waals surface area contributed by atoms with E-state index in [0.717, 1.165) is 12.0 Å². The third kappa shape index (κ3) is 3.53. The zero-order chi connectivity index (χ0) is 12.8. The second-order valence-corrected chi connectivity index (χ2v) is 4.30. The van der Waals surface area contributed by atoms with Crippen molar-refractivity contribution in [1.29, 1.82) is 0 Å². The number of carbonyl (C=O) groups excluding carboxylic acids is 1. The van der Waals surface area contributed by atoms with Crippen LogP contribution in [0.5, 0.6) is 0 Å². The van der Waals surface area contributed by atoms with Crippen molar-refractivity contribution in [2.45, 2.75) is 31.7 Å². The summed E-state index contributed by atoms with van der Waals surface area (Å²) in [5.74, 6) is -0.234. The minimum Gasteiger partial charge on any atom is -0.364 e. The van der Waals surface area contributed by atoms with Crippen LogP contribution >= 0.6 is 0 Å². The number of ether oxygens (including phenoxy) is 1. The van der Waals surface area contributed by atoms with Gasteiger partial charge >= 0.3 is 0 Å². The van der Waals surface area contributed by atoms with Crippen LogP contribution in [0.15, 0.2) is 30.3 Å². The lowest BCUT2D eigenvalue weighted by molar-refractivity contribution is -0.145. The Kier molecular flexibility index (Phi) is 4.69. The Morgan fingerprint density at radius 2 is 2.17 bits per heavy atom. The number of carbonyl (C=O) groups is 1. The number of benzene rings is 1. The molecule has 98 valence electrons. The van der Waals surface area contributed by atoms with Crippen molar-refractivity contribution >= 4 is 5.91 Å². The second kappa shape index (κ2) is 6.49. The number of rotatable bonds is 5. The molecule has 1 aliphatic rings. The first-order valence-corrected chi connectivity index (χ1v) is 6.10. The molecule has 1 saturated heterocycles. The first-order valence-electron chi connectivity index (χ1n) is 6.10. The molecule has 0 spiro atoms. The number of hydroxylamine groups is 1. The van der Waals surface area contributed by atoms with Crippen LogP contribution in [0, 0.1) is 0 Å². The third-order valence-corrected chi connectivity index (χ3v) is 2.92. The van der Waals surface area contributed by atoms with Gasteiger partial charge in [0.25, 0.3) is 5.91 Å². The monoisotopic (exact) mass is 250 g/mol. The molecular formula is C13H18N2O3. The number of nitrogens with one attached hydrogen (secondary N) is 1. The Labute approximate surface area is 106 Å². The van der Waals surface area contributed by atoms with Crippen LogP contribution in [0.3, 0.4) is 0 Å². The Balaban J connectivity index is 1.69. The van der Waals surface area contributed by atoms with E-state index >= 15 is 0 Å². The maximum atomic E-state index is 11.7. The Hall–Kier alpha value is -1.43. The fourth-order valence-corrected chi connectivity index (χ4v) is 1.90. The zero-order valence-corrected chi connectivity index (χ0v) is 10.2. The maximum absolute atomic E-state index is 11.7. The molecular weight excluding hydrogens is 232 g/mol. The molecule has 1 aromatic carbocycles. The topological polar surface area (TPSA) is 73.6 Å². The van der Waals surface area contributed by atoms with E-state index in [2.05, 4.69) is 5.48 Å². The number of amides is 1. The van der Waals surface area contributed by atoms with Crippen LogP contribution in [0.2, 0.25) is 0 Å². The fourth-order valence-electron chi connectivity index (χ4n) is 1.90. The van der Waals surface area contributed by atoms with Gasteiger partial charge in [0.15, 0.2) is 0 Å². The smallest absolute Gasteiger partial charge is 0.272 e. The van der Waals surface area contributed by atoms with Gasteiger partial charge in [-0.15, -0.1) is 0 Å². The van der Waals surface area contributed by atoms with Crippen LogP contribution in [0.1, 0.15) is 18.4 Å². The summed E-state index contributed by atoms with van der Waals surface area (Å²) in [4.78, 5) is 16.8. The largest absolute Gasteiger partial charge is 0.364 e. The van der Waals surface area contributed by atoms with Crippen molar-refractivity contribution in [2.24, 2.45) is 5.73 Å². The number of hydrogen-bond acceptors (Lipinski definition) is 4. The van der Waals surface area contributed by atoms with Crippen LogP contribution < -0.4 is 11.2 Å². The van der Waals surface area contributed by atoms with Crippen LogP contribution in [-0.2, 0) is 21.0 Å². The Morgan fingerprint density at radius 3 is 2.83 bits per heavy atom. The molecule has 5 nitrogen and oxygen atoms in total. The summed E-state index contributed by atoms with van der Waals surface area (Å²) in [7, 11) is 0. The summed E-state index contributed by atoms with van der Waals surface area (Å²) < 4.78 is 5.46. The first kappa shape index (κ1) is 13.0. The Bertz CT molecular complexity index is 383. The molecule has 0 saturated carbocycles. The molecule has 18 heavy (non-hydrogen) atoms. The average Bonchev–Trinajstić information content (AvgIpc) is 2.89. The molecule has 1 fully saturated rings. The van der Waals surface area contributed by atoms with Crippen LogP contribution in [0.4, 0.5) is 0 Å². The van der Waals surface area contributed by atoms with Gasteiger partial charge < -0.3 is 10.5 Å². The van der Waals surface area contributed by atoms with E-state index in [1.807, 2.05) is 30.3 Å². The molecule has 0 aliphatic carbocycles. The van der Waals surface area contributed by atoms with E-state index in [9.17, 15) is 4.79 Å². The van der Waals surface area contributed by atoms with Crippen LogP contribution in [0.25, 0.3) is 0 Å². The van der Waals surface area contributed by atoms with Gasteiger partial charge in [-0.3, -0.25) is 9.63 Å². The Morgan fingerprint density at radius 1 is 1.39 bits per heavy atom. The van der Waals surface area contributed by atoms with Gasteiger partial charge in [-0.2, -0.15) is 0 Å². The van der Waals surface area contributed by atoms with Gasteiger partial charge in [-0.05, 0) is 18.4 Å². The van der Waals surface area contributed by atoms with E-state index in [0.29, 0.717) is 19.6 Å². The summed E-state index contributed by atoms with van der Waals surface area (Å²) in [5, 5.41) is 0. The molecule has 5 heteroatoms. The minimum absolute atomic E-state index is 0.00475. The molecule has 0 bridgehead atoms. The van der Waals surface area contributed by atoms with E-state index in [1.54, 1.807) is 0 Å². The second-order valence-electron chi connectivity index (χ2n) is 4.30. The number of nitrogens with two attached hydrogens (primary N) is 1. The first-order chi connectivity index (χ1) is 8.79. The van der Waals surface area contributed by atoms with Crippen LogP contribution in [-0.4, -0.2) is 24.7 Å². The van der Waals surface area contributed by atoms with E-state index in [-0.39, 0.29) is 12.0 Å². The van der Waals surface area contributed by atoms with Gasteiger partial charge in [0, 0.05) is 6.54 Å². The summed E-state index contributed by atoms with van der Waals surface area (Å²) in [6.45, 7) is 0.800. The van der Waals surface area contributed by atoms with Crippen molar-refractivity contribution in [2.75, 3.05) is 6.54 Å². The predicted molar refractivity (Wildman–Crippen MR) is 66.3 cm³/mol. The number of hydrogen-bond donors (Lipinski definition) is 2. The normalized spacial score (nSPS) is 22.9. The molecule has 0 aromatic heterocycles. The maximum Gasteiger partial charge on any atom is 0.272 e. The van der Waals surface area contributed by atoms with Crippen molar-refractivity contribution in [3.8, 4) is 0 Å². The third-order valence-electron chi connectivity index (χ3n) is 2.92. The average molecular weight is 250 g/mol. The predicted octanol–water partition coefficient (Wildman–Crippen LogP) is 0.741. The van der Waals surface area contributed by atoms with Crippen molar-refractivity contribution in [3.05, 3.63) is 35.9 Å². The van der Waals surface area contributed by atoms with Crippen molar-refractivity contribution in [3.63, 3.8) is 0 Å². The molecule has 1 amide bonds. The molecule has 2 atom stereocenters. The van der Waals surface area contributed by atoms with E-state index in [1.165, 1.54) is 0 Å². The van der Waals surface area contributed by atoms with Crippen molar-refractivity contribution in [1.82, 2.24) is 5.48 Å². The van der Waals surface area contributed by atoms with E-state index in [4.69, 9.17) is 15.3 Å². The summed E-state index contributed by atoms with van der Waals surface area (Å²) in [5.41, 5.74) is 8.90. The lowest BCUT2D eigenvalue weighted by Gasteiger charge is -2.12. The molecule has 1 aromatic rings. The van der Waals surface area contributed by atoms with Gasteiger partial charge in [0.2, 0.25) is 0 Å². The zero-order valence-electron chi connectivity index (χ0n) is 10.2. The van der Waals surface area contributed by atoms with E-state index < -0.39 is 6.10 Å². The lowest BCUT2D eigenvalue weighted by Crippen LogP contribution is -2.35. The highest BCUT2D eigenvalue weighted by molar-refractivity contribution is 5.80. The minimum atomic E-state index is -0.436. The summed E-state index contributed by atoms with van der Waals surface area (Å²) in [6.07, 6.45) is 1.08. The highest BCUT2D eigenvalue weighted by Crippen LogP contribution is 2.18. The summed E-state index contributed by atoms with van der Waals surface area (Å²) in [6, 6.07) is 9.64. The standard InChI is InChI=1S/C13H18N2O3/c14-8-11-6-7-12(18-11)13(16)15-17-9-10-4-2-1-3-5-10/h1-5,11-12H,6-9,14H2,(H,15,16). The van der Waals surface area contributed by atoms with Gasteiger partial charge in [-0.1, -0.05) is 30.3 Å². The SMILES string of the molecule is NCC1CCC(C(=O)NOCc2ccccc2)O1. The highest BCUT2D eigenvalue weighted by Gasteiger charge is 2.29. The molecule has 1 heterocycles. The van der Waals surface area contributed by atoms with Gasteiger partial charge in [0.05, 0.1) is 12.7 Å². The fraction of sp³-hybridized carbons (Fsp3) is 0.462. The van der Waals surface area contributed by atoms with Gasteiger partial charge in [0.1, 0.15) is 6.10 Å².